The molecule has 1 N–H and O–H groups in total. The van der Waals surface area contributed by atoms with E-state index in [2.05, 4.69) is 10.3 Å². The van der Waals surface area contributed by atoms with Gasteiger partial charge in [-0.3, -0.25) is 4.79 Å². The fourth-order valence-corrected chi connectivity index (χ4v) is 2.60. The van der Waals surface area contributed by atoms with Crippen LogP contribution >= 0.6 is 11.3 Å². The van der Waals surface area contributed by atoms with E-state index < -0.39 is 5.97 Å². The van der Waals surface area contributed by atoms with Crippen molar-refractivity contribution < 1.29 is 19.1 Å². The van der Waals surface area contributed by atoms with Gasteiger partial charge < -0.3 is 14.8 Å². The number of hydrogen-bond donors (Lipinski definition) is 1. The summed E-state index contributed by atoms with van der Waals surface area (Å²) in [6.45, 7) is 3.36. The second kappa shape index (κ2) is 7.73. The zero-order chi connectivity index (χ0) is 16.8. The van der Waals surface area contributed by atoms with Gasteiger partial charge in [-0.2, -0.15) is 0 Å². The highest BCUT2D eigenvalue weighted by molar-refractivity contribution is 7.13. The third-order valence-corrected chi connectivity index (χ3v) is 3.73. The molecule has 0 radical (unpaired) electrons. The number of carbonyl (C=O) groups excluding carboxylic acids is 2. The summed E-state index contributed by atoms with van der Waals surface area (Å²) in [5, 5.41) is 4.96. The first-order chi connectivity index (χ1) is 11.0. The molecule has 1 heterocycles. The van der Waals surface area contributed by atoms with Crippen LogP contribution in [0.1, 0.15) is 24.3 Å². The Kier molecular flexibility index (Phi) is 5.70. The number of amides is 1. The Balaban J connectivity index is 1.97. The number of benzene rings is 1. The number of nitrogens with one attached hydrogen (secondary N) is 1. The average Bonchev–Trinajstić information content (AvgIpc) is 3.02. The molecular formula is C16H18N2O4S. The van der Waals surface area contributed by atoms with E-state index in [4.69, 9.17) is 9.47 Å². The van der Waals surface area contributed by atoms with Gasteiger partial charge in [-0.1, -0.05) is 0 Å². The summed E-state index contributed by atoms with van der Waals surface area (Å²) in [5.74, 6) is -0.194. The molecule has 0 fully saturated rings. The van der Waals surface area contributed by atoms with E-state index >= 15 is 0 Å². The zero-order valence-corrected chi connectivity index (χ0v) is 14.0. The van der Waals surface area contributed by atoms with Crippen molar-refractivity contribution in [2.24, 2.45) is 0 Å². The van der Waals surface area contributed by atoms with Crippen LogP contribution in [0.4, 0.5) is 0 Å². The maximum atomic E-state index is 11.9. The lowest BCUT2D eigenvalue weighted by Crippen LogP contribution is -2.34. The maximum absolute atomic E-state index is 11.9. The molecule has 1 amide bonds. The molecule has 23 heavy (non-hydrogen) atoms. The van der Waals surface area contributed by atoms with Gasteiger partial charge in [0, 0.05) is 17.0 Å². The van der Waals surface area contributed by atoms with Crippen LogP contribution in [0.25, 0.3) is 10.6 Å². The maximum Gasteiger partial charge on any atom is 0.358 e. The van der Waals surface area contributed by atoms with E-state index in [1.54, 1.807) is 12.5 Å². The van der Waals surface area contributed by atoms with Crippen molar-refractivity contribution in [3.63, 3.8) is 0 Å². The molecule has 0 bridgehead atoms. The molecule has 0 saturated carbocycles. The van der Waals surface area contributed by atoms with Crippen molar-refractivity contribution in [3.8, 4) is 16.3 Å². The van der Waals surface area contributed by atoms with Gasteiger partial charge >= 0.3 is 5.97 Å². The minimum absolute atomic E-state index is 0.00199. The topological polar surface area (TPSA) is 77.5 Å². The van der Waals surface area contributed by atoms with Crippen molar-refractivity contribution >= 4 is 23.2 Å². The average molecular weight is 334 g/mol. The number of hydrogen-bond acceptors (Lipinski definition) is 6. The van der Waals surface area contributed by atoms with Crippen LogP contribution in [0.15, 0.2) is 29.6 Å². The highest BCUT2D eigenvalue weighted by Crippen LogP contribution is 2.25. The Bertz CT molecular complexity index is 680. The predicted octanol–water partition coefficient (Wildman–Crippen LogP) is 2.50. The van der Waals surface area contributed by atoms with Crippen LogP contribution < -0.4 is 10.1 Å². The summed E-state index contributed by atoms with van der Waals surface area (Å²) in [4.78, 5) is 27.6. The minimum Gasteiger partial charge on any atom is -0.497 e. The number of thiazole rings is 1. The summed E-state index contributed by atoms with van der Waals surface area (Å²) < 4.78 is 10.1. The van der Waals surface area contributed by atoms with Crippen molar-refractivity contribution in [2.75, 3.05) is 13.7 Å². The fourth-order valence-electron chi connectivity index (χ4n) is 1.80. The lowest BCUT2D eigenvalue weighted by Gasteiger charge is -2.07. The number of nitrogens with zero attached hydrogens (tertiary/aromatic N) is 1. The molecule has 1 aromatic heterocycles. The Hall–Kier alpha value is -2.41. The number of carbonyl (C=O) groups is 2. The van der Waals surface area contributed by atoms with Gasteiger partial charge in [-0.25, -0.2) is 9.78 Å². The summed E-state index contributed by atoms with van der Waals surface area (Å²) in [6.07, 6.45) is 0. The van der Waals surface area contributed by atoms with Gasteiger partial charge in [0.15, 0.2) is 12.3 Å². The normalized spacial score (nSPS) is 10.4. The molecule has 2 rings (SSSR count). The van der Waals surface area contributed by atoms with Gasteiger partial charge in [0.2, 0.25) is 0 Å². The molecule has 122 valence electrons. The molecule has 2 aromatic rings. The SMILES string of the molecule is COc1ccc(-c2nc(C(=O)OCC(=O)NC(C)C)cs2)cc1. The molecule has 0 atom stereocenters. The van der Waals surface area contributed by atoms with Crippen LogP contribution in [-0.4, -0.2) is 36.6 Å². The number of aromatic nitrogens is 1. The zero-order valence-electron chi connectivity index (χ0n) is 13.2. The summed E-state index contributed by atoms with van der Waals surface area (Å²) in [5.41, 5.74) is 1.07. The second-order valence-corrected chi connectivity index (χ2v) is 5.92. The molecule has 0 unspecified atom stereocenters. The highest BCUT2D eigenvalue weighted by Gasteiger charge is 2.15. The van der Waals surface area contributed by atoms with Crippen molar-refractivity contribution in [1.82, 2.24) is 10.3 Å². The predicted molar refractivity (Wildman–Crippen MR) is 87.7 cm³/mol. The first kappa shape index (κ1) is 17.0. The number of methoxy groups -OCH3 is 1. The molecule has 7 heteroatoms. The third kappa shape index (κ3) is 4.79. The van der Waals surface area contributed by atoms with Crippen LogP contribution in [0, 0.1) is 0 Å². The van der Waals surface area contributed by atoms with Gasteiger partial charge in [0.25, 0.3) is 5.91 Å². The Morgan fingerprint density at radius 2 is 1.96 bits per heavy atom. The first-order valence-corrected chi connectivity index (χ1v) is 7.94. The van der Waals surface area contributed by atoms with Crippen LogP contribution in [0.3, 0.4) is 0 Å². The Morgan fingerprint density at radius 1 is 1.26 bits per heavy atom. The van der Waals surface area contributed by atoms with Crippen LogP contribution in [0.2, 0.25) is 0 Å². The standard InChI is InChI=1S/C16H18N2O4S/c1-10(2)17-14(19)8-22-16(20)13-9-23-15(18-13)11-4-6-12(21-3)7-5-11/h4-7,9-10H,8H2,1-3H3,(H,17,19). The van der Waals surface area contributed by atoms with E-state index in [9.17, 15) is 9.59 Å². The lowest BCUT2D eigenvalue weighted by molar-refractivity contribution is -0.124. The van der Waals surface area contributed by atoms with Crippen molar-refractivity contribution in [1.29, 1.82) is 0 Å². The van der Waals surface area contributed by atoms with E-state index in [1.165, 1.54) is 11.3 Å². The van der Waals surface area contributed by atoms with Crippen molar-refractivity contribution in [3.05, 3.63) is 35.3 Å². The van der Waals surface area contributed by atoms with Crippen LogP contribution in [0.5, 0.6) is 5.75 Å². The molecule has 0 aliphatic heterocycles. The first-order valence-electron chi connectivity index (χ1n) is 7.06. The molecule has 1 aromatic carbocycles. The molecule has 0 aliphatic carbocycles. The molecular weight excluding hydrogens is 316 g/mol. The fraction of sp³-hybridized carbons (Fsp3) is 0.312. The Labute approximate surface area is 138 Å². The molecule has 0 aliphatic rings. The molecule has 6 nitrogen and oxygen atoms in total. The van der Waals surface area contributed by atoms with Gasteiger partial charge in [0.1, 0.15) is 10.8 Å². The Morgan fingerprint density at radius 3 is 2.57 bits per heavy atom. The number of esters is 1. The van der Waals surface area contributed by atoms with Crippen LogP contribution in [-0.2, 0) is 9.53 Å². The minimum atomic E-state index is -0.611. The monoisotopic (exact) mass is 334 g/mol. The lowest BCUT2D eigenvalue weighted by atomic mass is 10.2. The smallest absolute Gasteiger partial charge is 0.358 e. The quantitative estimate of drug-likeness (QED) is 0.821. The van der Waals surface area contributed by atoms with E-state index in [0.717, 1.165) is 11.3 Å². The van der Waals surface area contributed by atoms with Crippen molar-refractivity contribution in [2.45, 2.75) is 19.9 Å². The van der Waals surface area contributed by atoms with Gasteiger partial charge in [0.05, 0.1) is 7.11 Å². The van der Waals surface area contributed by atoms with E-state index in [-0.39, 0.29) is 24.2 Å². The number of rotatable bonds is 6. The highest BCUT2D eigenvalue weighted by atomic mass is 32.1. The summed E-state index contributed by atoms with van der Waals surface area (Å²) in [7, 11) is 1.60. The van der Waals surface area contributed by atoms with Gasteiger partial charge in [-0.15, -0.1) is 11.3 Å². The van der Waals surface area contributed by atoms with E-state index in [0.29, 0.717) is 5.01 Å². The third-order valence-electron chi connectivity index (χ3n) is 2.83. The molecule has 0 spiro atoms. The molecule has 0 saturated heterocycles. The van der Waals surface area contributed by atoms with Gasteiger partial charge in [-0.05, 0) is 38.1 Å². The van der Waals surface area contributed by atoms with E-state index in [1.807, 2.05) is 38.1 Å². The summed E-state index contributed by atoms with van der Waals surface area (Å²) >= 11 is 1.34. The largest absolute Gasteiger partial charge is 0.497 e. The summed E-state index contributed by atoms with van der Waals surface area (Å²) in [6, 6.07) is 7.38. The number of ether oxygens (including phenoxy) is 2. The second-order valence-electron chi connectivity index (χ2n) is 5.06.